The molecule has 0 aromatic rings. The van der Waals surface area contributed by atoms with E-state index in [9.17, 15) is 0 Å². The van der Waals surface area contributed by atoms with Gasteiger partial charge in [0.05, 0.1) is 6.04 Å². The Hall–Kier alpha value is -2.48. The number of allylic oxidation sites excluding steroid dienone is 11. The molecule has 0 spiro atoms. The molecule has 3 fully saturated rings. The van der Waals surface area contributed by atoms with Gasteiger partial charge < -0.3 is 9.80 Å². The lowest BCUT2D eigenvalue weighted by atomic mass is 9.68. The topological polar surface area (TPSA) is 6.48 Å². The fourth-order valence-corrected chi connectivity index (χ4v) is 13.7. The summed E-state index contributed by atoms with van der Waals surface area (Å²) < 4.78 is 0. The third-order valence-electron chi connectivity index (χ3n) is 16.0. The van der Waals surface area contributed by atoms with Crippen molar-refractivity contribution in [2.24, 2.45) is 59.2 Å². The van der Waals surface area contributed by atoms with Gasteiger partial charge in [0, 0.05) is 53.2 Å². The minimum absolute atomic E-state index is 0.530. The van der Waals surface area contributed by atoms with Gasteiger partial charge >= 0.3 is 0 Å². The Kier molecular flexibility index (Phi) is 8.90. The van der Waals surface area contributed by atoms with Gasteiger partial charge in [-0.05, 0) is 119 Å². The summed E-state index contributed by atoms with van der Waals surface area (Å²) in [6.07, 6.45) is 61.5. The van der Waals surface area contributed by atoms with E-state index in [1.54, 1.807) is 11.4 Å². The average molecular weight is 669 g/mol. The zero-order chi connectivity index (χ0) is 33.0. The van der Waals surface area contributed by atoms with Crippen LogP contribution in [-0.4, -0.2) is 34.0 Å². The normalized spacial score (nSPS) is 45.2. The maximum Gasteiger partial charge on any atom is 0.0545 e. The minimum Gasteiger partial charge on any atom is -0.368 e. The Morgan fingerprint density at radius 1 is 0.460 bits per heavy atom. The summed E-state index contributed by atoms with van der Waals surface area (Å²) in [5.41, 5.74) is 3.47. The molecule has 50 heavy (non-hydrogen) atoms. The van der Waals surface area contributed by atoms with E-state index in [2.05, 4.69) is 94.9 Å². The third kappa shape index (κ3) is 5.73. The van der Waals surface area contributed by atoms with E-state index in [0.29, 0.717) is 47.7 Å². The summed E-state index contributed by atoms with van der Waals surface area (Å²) in [4.78, 5) is 6.09. The van der Waals surface area contributed by atoms with Crippen molar-refractivity contribution in [3.05, 3.63) is 96.5 Å². The number of hydrogen-bond acceptors (Lipinski definition) is 2. The van der Waals surface area contributed by atoms with E-state index < -0.39 is 0 Å². The van der Waals surface area contributed by atoms with E-state index in [0.717, 1.165) is 35.6 Å². The van der Waals surface area contributed by atoms with Gasteiger partial charge in [0.2, 0.25) is 0 Å². The van der Waals surface area contributed by atoms with Crippen molar-refractivity contribution in [3.63, 3.8) is 0 Å². The molecule has 13 unspecified atom stereocenters. The van der Waals surface area contributed by atoms with Gasteiger partial charge in [-0.15, -0.1) is 0 Å². The van der Waals surface area contributed by atoms with E-state index in [1.165, 1.54) is 116 Å². The maximum atomic E-state index is 3.07. The second-order valence-electron chi connectivity index (χ2n) is 18.5. The van der Waals surface area contributed by atoms with Crippen LogP contribution in [0.1, 0.15) is 116 Å². The molecule has 2 heteroatoms. The van der Waals surface area contributed by atoms with E-state index in [4.69, 9.17) is 0 Å². The summed E-state index contributed by atoms with van der Waals surface area (Å²) in [7, 11) is 0. The average Bonchev–Trinajstić information content (AvgIpc) is 3.71. The summed E-state index contributed by atoms with van der Waals surface area (Å²) in [6.45, 7) is 0. The molecule has 8 aliphatic carbocycles. The highest BCUT2D eigenvalue weighted by Gasteiger charge is 2.53. The molecule has 0 aromatic heterocycles. The van der Waals surface area contributed by atoms with Crippen molar-refractivity contribution >= 4 is 0 Å². The van der Waals surface area contributed by atoms with Gasteiger partial charge in [0.1, 0.15) is 0 Å². The molecule has 10 rings (SSSR count). The summed E-state index contributed by atoms with van der Waals surface area (Å²) in [5, 5.41) is 0. The first-order valence-electron chi connectivity index (χ1n) is 21.8. The SMILES string of the molecule is C1=CC2C3C=CC(C4C=CC5C6C=CCCC6N(C6=CCCCC6)C5C4)CC3N(C3=CC(C4C=CCCC4)CC(C4CCCCC4)C3)C2C=C1. The van der Waals surface area contributed by atoms with Gasteiger partial charge in [0.25, 0.3) is 0 Å². The van der Waals surface area contributed by atoms with E-state index in [1.807, 2.05) is 0 Å². The zero-order valence-electron chi connectivity index (χ0n) is 30.8. The van der Waals surface area contributed by atoms with Crippen LogP contribution in [0.3, 0.4) is 0 Å². The molecule has 0 amide bonds. The smallest absolute Gasteiger partial charge is 0.0545 e. The molecule has 2 nitrogen and oxygen atoms in total. The molecular formula is C48H64N2. The predicted octanol–water partition coefficient (Wildman–Crippen LogP) is 11.5. The molecule has 266 valence electrons. The van der Waals surface area contributed by atoms with Crippen molar-refractivity contribution in [1.82, 2.24) is 9.80 Å². The second-order valence-corrected chi connectivity index (χ2v) is 18.5. The Morgan fingerprint density at radius 3 is 2.04 bits per heavy atom. The van der Waals surface area contributed by atoms with Crippen molar-refractivity contribution < 1.29 is 0 Å². The van der Waals surface area contributed by atoms with Gasteiger partial charge in [0.15, 0.2) is 0 Å². The molecule has 13 atom stereocenters. The van der Waals surface area contributed by atoms with Crippen LogP contribution < -0.4 is 0 Å². The van der Waals surface area contributed by atoms with Gasteiger partial charge in [-0.2, -0.15) is 0 Å². The number of likely N-dealkylation sites (tertiary alicyclic amines) is 2. The summed E-state index contributed by atoms with van der Waals surface area (Å²) in [6, 6.07) is 2.57. The van der Waals surface area contributed by atoms with Crippen LogP contribution in [-0.2, 0) is 0 Å². The van der Waals surface area contributed by atoms with Crippen molar-refractivity contribution in [3.8, 4) is 0 Å². The molecular weight excluding hydrogens is 605 g/mol. The highest BCUT2D eigenvalue weighted by molar-refractivity contribution is 5.32. The molecule has 2 aliphatic heterocycles. The standard InChI is InChI=1S/C48H64N2/c1-4-14-33(15-5-1)37-28-38(34-16-6-2-7-17-34)30-40(29-37)50-46-23-13-11-21-42(46)44-27-25-36(32-48(44)50)35-24-26-43-41-20-10-12-22-45(41)49(47(43)31-35)39-18-8-3-9-19-39/h4,10-11,13-14,18,20-21,23-27,29,33-38,41-48H,1-3,5-9,12,15-17,19,22,28,30-32H2. The van der Waals surface area contributed by atoms with E-state index >= 15 is 0 Å². The lowest BCUT2D eigenvalue weighted by Gasteiger charge is -2.45. The van der Waals surface area contributed by atoms with Crippen LogP contribution in [0, 0.1) is 59.2 Å². The highest BCUT2D eigenvalue weighted by atomic mass is 15.2. The molecule has 1 saturated carbocycles. The lowest BCUT2D eigenvalue weighted by molar-refractivity contribution is 0.141. The predicted molar refractivity (Wildman–Crippen MR) is 208 cm³/mol. The number of rotatable bonds is 5. The van der Waals surface area contributed by atoms with Crippen LogP contribution in [0.15, 0.2) is 96.5 Å². The van der Waals surface area contributed by atoms with Gasteiger partial charge in [-0.25, -0.2) is 0 Å². The second kappa shape index (κ2) is 13.8. The molecule has 0 bridgehead atoms. The quantitative estimate of drug-likeness (QED) is 0.269. The third-order valence-corrected chi connectivity index (χ3v) is 16.0. The summed E-state index contributed by atoms with van der Waals surface area (Å²) >= 11 is 0. The Balaban J connectivity index is 0.947. The molecule has 0 radical (unpaired) electrons. The monoisotopic (exact) mass is 669 g/mol. The number of nitrogens with zero attached hydrogens (tertiary/aromatic N) is 2. The Morgan fingerprint density at radius 2 is 1.24 bits per heavy atom. The number of hydrogen-bond donors (Lipinski definition) is 0. The first-order valence-corrected chi connectivity index (χ1v) is 21.8. The Bertz CT molecular complexity index is 1490. The molecule has 2 saturated heterocycles. The van der Waals surface area contributed by atoms with Crippen LogP contribution in [0.25, 0.3) is 0 Å². The van der Waals surface area contributed by atoms with Crippen LogP contribution in [0.2, 0.25) is 0 Å². The maximum absolute atomic E-state index is 3.07. The van der Waals surface area contributed by atoms with Crippen molar-refractivity contribution in [2.45, 2.75) is 140 Å². The van der Waals surface area contributed by atoms with Gasteiger partial charge in [-0.1, -0.05) is 117 Å². The molecule has 10 aliphatic rings. The van der Waals surface area contributed by atoms with Crippen LogP contribution in [0.4, 0.5) is 0 Å². The van der Waals surface area contributed by atoms with Crippen LogP contribution in [0.5, 0.6) is 0 Å². The zero-order valence-corrected chi connectivity index (χ0v) is 30.8. The minimum atomic E-state index is 0.530. The number of fused-ring (bicyclic) bond motifs is 6. The fourth-order valence-electron chi connectivity index (χ4n) is 13.7. The largest absolute Gasteiger partial charge is 0.368 e. The highest BCUT2D eigenvalue weighted by Crippen LogP contribution is 2.54. The van der Waals surface area contributed by atoms with Crippen LogP contribution >= 0.6 is 0 Å². The van der Waals surface area contributed by atoms with Gasteiger partial charge in [-0.3, -0.25) is 0 Å². The molecule has 2 heterocycles. The lowest BCUT2D eigenvalue weighted by Crippen LogP contribution is -2.43. The van der Waals surface area contributed by atoms with E-state index in [-0.39, 0.29) is 0 Å². The Labute approximate surface area is 304 Å². The summed E-state index contributed by atoms with van der Waals surface area (Å²) in [5.74, 6) is 7.32. The molecule has 0 aromatic carbocycles. The fraction of sp³-hybridized carbons (Fsp3) is 0.667. The van der Waals surface area contributed by atoms with Crippen molar-refractivity contribution in [1.29, 1.82) is 0 Å². The molecule has 0 N–H and O–H groups in total. The first kappa shape index (κ1) is 32.2. The van der Waals surface area contributed by atoms with Crippen molar-refractivity contribution in [2.75, 3.05) is 0 Å². The first-order chi connectivity index (χ1) is 24.8.